The summed E-state index contributed by atoms with van der Waals surface area (Å²) in [5.74, 6) is -1.72. The predicted octanol–water partition coefficient (Wildman–Crippen LogP) is 7.75. The van der Waals surface area contributed by atoms with Crippen molar-refractivity contribution in [3.63, 3.8) is 0 Å². The number of aromatic carboxylic acids is 1. The first kappa shape index (κ1) is 22.2. The number of nitrogens with zero attached hydrogens (tertiary/aromatic N) is 4. The molecule has 0 unspecified atom stereocenters. The summed E-state index contributed by atoms with van der Waals surface area (Å²) >= 11 is 0.317. The van der Waals surface area contributed by atoms with Crippen molar-refractivity contribution in [1.82, 2.24) is 4.98 Å². The van der Waals surface area contributed by atoms with E-state index in [4.69, 9.17) is 5.11 Å². The van der Waals surface area contributed by atoms with Crippen molar-refractivity contribution in [2.75, 3.05) is 4.90 Å². The third kappa shape index (κ3) is 5.07. The lowest BCUT2D eigenvalue weighted by atomic mass is 10.2. The molecule has 6 nitrogen and oxygen atoms in total. The van der Waals surface area contributed by atoms with Crippen molar-refractivity contribution in [3.8, 4) is 0 Å². The Morgan fingerprint density at radius 3 is 1.79 bits per heavy atom. The third-order valence-electron chi connectivity index (χ3n) is 4.47. The van der Waals surface area contributed by atoms with E-state index in [1.165, 1.54) is 0 Å². The number of thiazole rings is 1. The molecule has 0 amide bonds. The number of anilines is 3. The summed E-state index contributed by atoms with van der Waals surface area (Å²) in [6.07, 6.45) is -4.89. The molecular formula is C23H15F3N4O2S. The SMILES string of the molecule is O=C(O)c1sc(N=Nc2ccc(N(c3ccccc3)c3ccccc3)cc2)nc1C(F)(F)F. The second-order valence-corrected chi connectivity index (χ2v) is 7.68. The molecule has 0 spiro atoms. The van der Waals surface area contributed by atoms with Gasteiger partial charge in [-0.25, -0.2) is 9.78 Å². The maximum atomic E-state index is 13.0. The van der Waals surface area contributed by atoms with Crippen LogP contribution < -0.4 is 4.90 Å². The van der Waals surface area contributed by atoms with Crippen molar-refractivity contribution in [2.45, 2.75) is 6.18 Å². The second-order valence-electron chi connectivity index (χ2n) is 6.70. The van der Waals surface area contributed by atoms with E-state index in [-0.39, 0.29) is 5.13 Å². The number of rotatable bonds is 6. The molecule has 0 fully saturated rings. The number of benzene rings is 3. The first-order valence-electron chi connectivity index (χ1n) is 9.56. The van der Waals surface area contributed by atoms with Crippen LogP contribution in [-0.2, 0) is 6.18 Å². The Bertz CT molecular complexity index is 1240. The van der Waals surface area contributed by atoms with Gasteiger partial charge in [0.2, 0.25) is 5.13 Å². The summed E-state index contributed by atoms with van der Waals surface area (Å²) < 4.78 is 39.0. The highest BCUT2D eigenvalue weighted by Gasteiger charge is 2.39. The molecular weight excluding hydrogens is 453 g/mol. The van der Waals surface area contributed by atoms with Crippen LogP contribution in [0.1, 0.15) is 15.4 Å². The highest BCUT2D eigenvalue weighted by atomic mass is 32.1. The summed E-state index contributed by atoms with van der Waals surface area (Å²) in [4.78, 5) is 15.5. The summed E-state index contributed by atoms with van der Waals surface area (Å²) in [6, 6.07) is 26.4. The molecule has 0 atom stereocenters. The van der Waals surface area contributed by atoms with Gasteiger partial charge in [-0.15, -0.1) is 10.2 Å². The summed E-state index contributed by atoms with van der Waals surface area (Å²) in [5.41, 5.74) is 1.63. The van der Waals surface area contributed by atoms with Gasteiger partial charge >= 0.3 is 12.1 Å². The summed E-state index contributed by atoms with van der Waals surface area (Å²) in [7, 11) is 0. The topological polar surface area (TPSA) is 78.1 Å². The number of para-hydroxylation sites is 2. The van der Waals surface area contributed by atoms with E-state index in [1.54, 1.807) is 24.3 Å². The Morgan fingerprint density at radius 1 is 0.818 bits per heavy atom. The second kappa shape index (κ2) is 9.21. The highest BCUT2D eigenvalue weighted by Crippen LogP contribution is 2.38. The molecule has 10 heteroatoms. The van der Waals surface area contributed by atoms with E-state index in [0.717, 1.165) is 17.1 Å². The maximum Gasteiger partial charge on any atom is 0.435 e. The number of carbonyl (C=O) groups is 1. The van der Waals surface area contributed by atoms with E-state index in [9.17, 15) is 18.0 Å². The first-order chi connectivity index (χ1) is 15.8. The molecule has 0 saturated heterocycles. The lowest BCUT2D eigenvalue weighted by molar-refractivity contribution is -0.141. The van der Waals surface area contributed by atoms with Gasteiger partial charge in [0.05, 0.1) is 5.69 Å². The van der Waals surface area contributed by atoms with Crippen LogP contribution in [0.4, 0.5) is 41.1 Å². The monoisotopic (exact) mass is 468 g/mol. The fraction of sp³-hybridized carbons (Fsp3) is 0.0435. The minimum Gasteiger partial charge on any atom is -0.477 e. The zero-order valence-corrected chi connectivity index (χ0v) is 17.6. The van der Waals surface area contributed by atoms with Crippen molar-refractivity contribution in [1.29, 1.82) is 0 Å². The number of aromatic nitrogens is 1. The molecule has 4 aromatic rings. The average Bonchev–Trinajstić information content (AvgIpc) is 3.26. The average molecular weight is 468 g/mol. The molecule has 3 aromatic carbocycles. The van der Waals surface area contributed by atoms with Crippen molar-refractivity contribution < 1.29 is 23.1 Å². The Morgan fingerprint density at radius 2 is 1.33 bits per heavy atom. The molecule has 0 bridgehead atoms. The molecule has 0 aliphatic carbocycles. The highest BCUT2D eigenvalue weighted by molar-refractivity contribution is 7.17. The van der Waals surface area contributed by atoms with Crippen LogP contribution in [0.2, 0.25) is 0 Å². The van der Waals surface area contributed by atoms with Crippen LogP contribution in [-0.4, -0.2) is 16.1 Å². The standard InChI is InChI=1S/C23H15F3N4O2S/c24-23(25,26)20-19(21(31)32)33-22(27-20)29-28-15-11-13-18(14-12-15)30(16-7-3-1-4-8-16)17-9-5-2-6-10-17/h1-14H,(H,31,32). The lowest BCUT2D eigenvalue weighted by Gasteiger charge is -2.25. The van der Waals surface area contributed by atoms with Crippen LogP contribution in [0.3, 0.4) is 0 Å². The van der Waals surface area contributed by atoms with Gasteiger partial charge in [0, 0.05) is 17.1 Å². The van der Waals surface area contributed by atoms with Crippen molar-refractivity contribution in [2.24, 2.45) is 10.2 Å². The number of azo groups is 1. The third-order valence-corrected chi connectivity index (χ3v) is 5.39. The van der Waals surface area contributed by atoms with Crippen molar-refractivity contribution in [3.05, 3.63) is 95.5 Å². The first-order valence-corrected chi connectivity index (χ1v) is 10.4. The maximum absolute atomic E-state index is 13.0. The summed E-state index contributed by atoms with van der Waals surface area (Å²) in [6.45, 7) is 0. The number of carboxylic acid groups (broad SMARTS) is 1. The zero-order chi connectivity index (χ0) is 23.4. The molecule has 4 rings (SSSR count). The number of carboxylic acids is 1. The van der Waals surface area contributed by atoms with Gasteiger partial charge in [0.1, 0.15) is 4.88 Å². The molecule has 1 N–H and O–H groups in total. The molecule has 1 heterocycles. The van der Waals surface area contributed by atoms with Gasteiger partial charge in [-0.05, 0) is 48.5 Å². The number of halogens is 3. The minimum absolute atomic E-state index is 0.317. The molecule has 166 valence electrons. The van der Waals surface area contributed by atoms with Gasteiger partial charge in [-0.3, -0.25) is 0 Å². The minimum atomic E-state index is -4.89. The van der Waals surface area contributed by atoms with Gasteiger partial charge in [0.15, 0.2) is 5.69 Å². The number of hydrogen-bond donors (Lipinski definition) is 1. The lowest BCUT2D eigenvalue weighted by Crippen LogP contribution is -2.11. The van der Waals surface area contributed by atoms with Crippen molar-refractivity contribution >= 4 is 45.2 Å². The Hall–Kier alpha value is -4.05. The predicted molar refractivity (Wildman–Crippen MR) is 119 cm³/mol. The van der Waals surface area contributed by atoms with Gasteiger partial charge in [-0.1, -0.05) is 47.7 Å². The van der Waals surface area contributed by atoms with E-state index < -0.39 is 22.7 Å². The molecule has 0 saturated carbocycles. The Labute approximate surface area is 190 Å². The molecule has 0 aliphatic heterocycles. The Kier molecular flexibility index (Phi) is 6.18. The van der Waals surface area contributed by atoms with Crippen LogP contribution in [0, 0.1) is 0 Å². The fourth-order valence-corrected chi connectivity index (χ4v) is 3.81. The van der Waals surface area contributed by atoms with E-state index in [0.29, 0.717) is 17.0 Å². The molecule has 33 heavy (non-hydrogen) atoms. The number of hydrogen-bond acceptors (Lipinski definition) is 6. The largest absolute Gasteiger partial charge is 0.477 e. The molecule has 0 aliphatic rings. The van der Waals surface area contributed by atoms with E-state index in [2.05, 4.69) is 15.2 Å². The number of alkyl halides is 3. The van der Waals surface area contributed by atoms with Gasteiger partial charge in [0.25, 0.3) is 0 Å². The van der Waals surface area contributed by atoms with E-state index >= 15 is 0 Å². The summed E-state index contributed by atoms with van der Waals surface area (Å²) in [5, 5.41) is 16.2. The van der Waals surface area contributed by atoms with Crippen LogP contribution in [0.15, 0.2) is 95.2 Å². The Balaban J connectivity index is 1.62. The van der Waals surface area contributed by atoms with Gasteiger partial charge < -0.3 is 10.0 Å². The van der Waals surface area contributed by atoms with Gasteiger partial charge in [-0.2, -0.15) is 13.2 Å². The van der Waals surface area contributed by atoms with Crippen LogP contribution >= 0.6 is 11.3 Å². The van der Waals surface area contributed by atoms with Crippen LogP contribution in [0.25, 0.3) is 0 Å². The van der Waals surface area contributed by atoms with E-state index in [1.807, 2.05) is 65.6 Å². The van der Waals surface area contributed by atoms with Crippen LogP contribution in [0.5, 0.6) is 0 Å². The fourth-order valence-electron chi connectivity index (χ4n) is 3.06. The zero-order valence-electron chi connectivity index (χ0n) is 16.8. The quantitative estimate of drug-likeness (QED) is 0.294. The molecule has 1 aromatic heterocycles. The smallest absolute Gasteiger partial charge is 0.435 e. The molecule has 0 radical (unpaired) electrons. The normalized spacial score (nSPS) is 11.6.